The lowest BCUT2D eigenvalue weighted by molar-refractivity contribution is -0.137. The Bertz CT molecular complexity index is 962. The molecule has 0 aliphatic rings. The van der Waals surface area contributed by atoms with E-state index < -0.39 is 39.9 Å². The van der Waals surface area contributed by atoms with Crippen molar-refractivity contribution in [1.29, 1.82) is 0 Å². The van der Waals surface area contributed by atoms with Gasteiger partial charge in [0.05, 0.1) is 23.2 Å². The number of carbonyl (C=O) groups is 1. The molecule has 0 aliphatic carbocycles. The molecule has 0 bridgehead atoms. The molecule has 0 aromatic heterocycles. The van der Waals surface area contributed by atoms with Crippen molar-refractivity contribution in [1.82, 2.24) is 0 Å². The van der Waals surface area contributed by atoms with Crippen LogP contribution in [0, 0.1) is 6.92 Å². The summed E-state index contributed by atoms with van der Waals surface area (Å²) in [7, 11) is -3.89. The number of rotatable bonds is 5. The second-order valence-corrected chi connectivity index (χ2v) is 8.06. The third kappa shape index (κ3) is 5.14. The number of nitrogens with zero attached hydrogens (tertiary/aromatic N) is 1. The van der Waals surface area contributed by atoms with Gasteiger partial charge < -0.3 is 5.32 Å². The van der Waals surface area contributed by atoms with Crippen LogP contribution in [0.1, 0.15) is 11.1 Å². The van der Waals surface area contributed by atoms with Gasteiger partial charge in [-0.25, -0.2) is 8.42 Å². The molecule has 0 atom stereocenters. The molecule has 2 aromatic rings. The van der Waals surface area contributed by atoms with Gasteiger partial charge in [-0.1, -0.05) is 29.8 Å². The first-order chi connectivity index (χ1) is 12.4. The molecule has 0 aliphatic heterocycles. The van der Waals surface area contributed by atoms with E-state index in [1.54, 1.807) is 13.0 Å². The second kappa shape index (κ2) is 7.77. The van der Waals surface area contributed by atoms with Gasteiger partial charge in [0, 0.05) is 5.02 Å². The lowest BCUT2D eigenvalue weighted by Gasteiger charge is -2.24. The van der Waals surface area contributed by atoms with Crippen LogP contribution in [-0.2, 0) is 21.0 Å². The molecule has 27 heavy (non-hydrogen) atoms. The normalized spacial score (nSPS) is 11.9. The molecule has 0 saturated carbocycles. The minimum atomic E-state index is -4.66. The molecule has 10 heteroatoms. The Kier molecular flexibility index (Phi) is 6.06. The Morgan fingerprint density at radius 2 is 1.78 bits per heavy atom. The zero-order valence-electron chi connectivity index (χ0n) is 14.3. The fourth-order valence-electron chi connectivity index (χ4n) is 2.41. The number of halogens is 4. The average Bonchev–Trinajstić information content (AvgIpc) is 2.54. The Morgan fingerprint density at radius 1 is 1.15 bits per heavy atom. The van der Waals surface area contributed by atoms with Crippen LogP contribution in [0.3, 0.4) is 0 Å². The number of nitrogens with one attached hydrogen (secondary N) is 1. The monoisotopic (exact) mass is 420 g/mol. The molecular weight excluding hydrogens is 405 g/mol. The summed E-state index contributed by atoms with van der Waals surface area (Å²) in [5.41, 5.74) is -0.883. The first-order valence-corrected chi connectivity index (χ1v) is 9.83. The Balaban J connectivity index is 2.33. The highest BCUT2D eigenvalue weighted by Crippen LogP contribution is 2.34. The van der Waals surface area contributed by atoms with E-state index in [4.69, 9.17) is 11.6 Å². The predicted molar refractivity (Wildman–Crippen MR) is 98.5 cm³/mol. The van der Waals surface area contributed by atoms with E-state index in [0.717, 1.165) is 22.7 Å². The lowest BCUT2D eigenvalue weighted by atomic mass is 10.1. The molecule has 0 spiro atoms. The molecule has 1 N–H and O–H groups in total. The number of sulfonamides is 1. The van der Waals surface area contributed by atoms with E-state index in [-0.39, 0.29) is 5.69 Å². The quantitative estimate of drug-likeness (QED) is 0.792. The van der Waals surface area contributed by atoms with Crippen molar-refractivity contribution < 1.29 is 26.4 Å². The highest BCUT2D eigenvalue weighted by atomic mass is 35.5. The molecule has 0 unspecified atom stereocenters. The SMILES string of the molecule is Cc1c(Cl)cccc1N(CC(=O)Nc1ccccc1C(F)(F)F)S(C)(=O)=O. The van der Waals surface area contributed by atoms with Crippen molar-refractivity contribution in [3.05, 3.63) is 58.6 Å². The Labute approximate surface area is 159 Å². The largest absolute Gasteiger partial charge is 0.418 e. The summed E-state index contributed by atoms with van der Waals surface area (Å²) in [6.07, 6.45) is -3.77. The van der Waals surface area contributed by atoms with Crippen molar-refractivity contribution in [2.75, 3.05) is 22.4 Å². The number of hydrogen-bond acceptors (Lipinski definition) is 3. The van der Waals surface area contributed by atoms with Crippen LogP contribution in [0.5, 0.6) is 0 Å². The molecule has 5 nitrogen and oxygen atoms in total. The minimum Gasteiger partial charge on any atom is -0.324 e. The van der Waals surface area contributed by atoms with Crippen LogP contribution in [0.4, 0.5) is 24.5 Å². The molecule has 2 rings (SSSR count). The summed E-state index contributed by atoms with van der Waals surface area (Å²) in [6, 6.07) is 8.97. The van der Waals surface area contributed by atoms with Crippen molar-refractivity contribution in [2.24, 2.45) is 0 Å². The first-order valence-electron chi connectivity index (χ1n) is 7.60. The summed E-state index contributed by atoms with van der Waals surface area (Å²) in [5, 5.41) is 2.42. The fourth-order valence-corrected chi connectivity index (χ4v) is 3.48. The minimum absolute atomic E-state index is 0.171. The highest BCUT2D eigenvalue weighted by Gasteiger charge is 2.34. The van der Waals surface area contributed by atoms with Crippen LogP contribution in [0.15, 0.2) is 42.5 Å². The van der Waals surface area contributed by atoms with E-state index >= 15 is 0 Å². The summed E-state index contributed by atoms with van der Waals surface area (Å²) in [5.74, 6) is -0.920. The number of para-hydroxylation sites is 1. The molecule has 0 fully saturated rings. The van der Waals surface area contributed by atoms with Crippen molar-refractivity contribution in [3.8, 4) is 0 Å². The number of alkyl halides is 3. The maximum atomic E-state index is 13.0. The smallest absolute Gasteiger partial charge is 0.324 e. The summed E-state index contributed by atoms with van der Waals surface area (Å²) in [4.78, 5) is 12.3. The van der Waals surface area contributed by atoms with Gasteiger partial charge in [0.2, 0.25) is 15.9 Å². The zero-order valence-corrected chi connectivity index (χ0v) is 15.9. The Morgan fingerprint density at radius 3 is 2.37 bits per heavy atom. The third-order valence-corrected chi connectivity index (χ3v) is 5.24. The van der Waals surface area contributed by atoms with Gasteiger partial charge >= 0.3 is 6.18 Å². The molecule has 2 aromatic carbocycles. The van der Waals surface area contributed by atoms with Gasteiger partial charge in [-0.3, -0.25) is 9.10 Å². The van der Waals surface area contributed by atoms with Crippen LogP contribution in [-0.4, -0.2) is 27.1 Å². The van der Waals surface area contributed by atoms with Gasteiger partial charge in [0.25, 0.3) is 0 Å². The van der Waals surface area contributed by atoms with Crippen molar-refractivity contribution >= 4 is 38.9 Å². The maximum Gasteiger partial charge on any atom is 0.418 e. The number of hydrogen-bond donors (Lipinski definition) is 1. The first kappa shape index (κ1) is 21.0. The highest BCUT2D eigenvalue weighted by molar-refractivity contribution is 7.92. The molecule has 0 heterocycles. The van der Waals surface area contributed by atoms with Gasteiger partial charge in [0.15, 0.2) is 0 Å². The van der Waals surface area contributed by atoms with Gasteiger partial charge in [0.1, 0.15) is 6.54 Å². The zero-order chi connectivity index (χ0) is 20.4. The van der Waals surface area contributed by atoms with Crippen LogP contribution in [0.2, 0.25) is 5.02 Å². The van der Waals surface area contributed by atoms with E-state index in [2.05, 4.69) is 5.32 Å². The molecule has 1 amide bonds. The summed E-state index contributed by atoms with van der Waals surface area (Å²) >= 11 is 6.00. The average molecular weight is 421 g/mol. The fraction of sp³-hybridized carbons (Fsp3) is 0.235. The Hall–Kier alpha value is -2.26. The lowest BCUT2D eigenvalue weighted by Crippen LogP contribution is -2.38. The van der Waals surface area contributed by atoms with E-state index in [1.165, 1.54) is 24.3 Å². The maximum absolute atomic E-state index is 13.0. The van der Waals surface area contributed by atoms with Gasteiger partial charge in [-0.05, 0) is 36.8 Å². The molecule has 0 saturated heterocycles. The molecule has 0 radical (unpaired) electrons. The number of anilines is 2. The van der Waals surface area contributed by atoms with Crippen molar-refractivity contribution in [2.45, 2.75) is 13.1 Å². The molecule has 146 valence electrons. The second-order valence-electron chi connectivity index (χ2n) is 5.75. The number of carbonyl (C=O) groups excluding carboxylic acids is 1. The van der Waals surface area contributed by atoms with E-state index in [1.807, 2.05) is 0 Å². The van der Waals surface area contributed by atoms with E-state index in [9.17, 15) is 26.4 Å². The third-order valence-electron chi connectivity index (χ3n) is 3.70. The van der Waals surface area contributed by atoms with Gasteiger partial charge in [-0.2, -0.15) is 13.2 Å². The predicted octanol–water partition coefficient (Wildman–Crippen LogP) is 4.07. The standard InChI is InChI=1S/C17H16ClF3N2O3S/c1-11-13(18)7-5-9-15(11)23(27(2,25)26)10-16(24)22-14-8-4-3-6-12(14)17(19,20)21/h3-9H,10H2,1-2H3,(H,22,24). The van der Waals surface area contributed by atoms with Crippen LogP contribution < -0.4 is 9.62 Å². The van der Waals surface area contributed by atoms with Gasteiger partial charge in [-0.15, -0.1) is 0 Å². The summed E-state index contributed by atoms with van der Waals surface area (Å²) < 4.78 is 64.2. The van der Waals surface area contributed by atoms with Crippen LogP contribution in [0.25, 0.3) is 0 Å². The topological polar surface area (TPSA) is 66.5 Å². The van der Waals surface area contributed by atoms with E-state index in [0.29, 0.717) is 10.6 Å². The number of benzene rings is 2. The van der Waals surface area contributed by atoms with Crippen LogP contribution >= 0.6 is 11.6 Å². The summed E-state index contributed by atoms with van der Waals surface area (Å²) in [6.45, 7) is 0.874. The number of amides is 1. The molecular formula is C17H16ClF3N2O3S. The van der Waals surface area contributed by atoms with Crippen molar-refractivity contribution in [3.63, 3.8) is 0 Å².